The van der Waals surface area contributed by atoms with Crippen molar-refractivity contribution in [3.05, 3.63) is 60.7 Å². The van der Waals surface area contributed by atoms with E-state index in [2.05, 4.69) is 45.0 Å². The molecule has 0 amide bonds. The molecule has 30 heavy (non-hydrogen) atoms. The molecule has 0 saturated heterocycles. The first-order valence-corrected chi connectivity index (χ1v) is 13.4. The maximum Gasteiger partial charge on any atom is 0.336 e. The summed E-state index contributed by atoms with van der Waals surface area (Å²) in [7, 11) is -5.40. The van der Waals surface area contributed by atoms with Crippen LogP contribution in [0.2, 0.25) is 5.04 Å². The Morgan fingerprint density at radius 3 is 1.80 bits per heavy atom. The second kappa shape index (κ2) is 9.87. The Morgan fingerprint density at radius 1 is 0.967 bits per heavy atom. The van der Waals surface area contributed by atoms with Crippen LogP contribution in [0.25, 0.3) is 0 Å². The van der Waals surface area contributed by atoms with Crippen LogP contribution >= 0.6 is 0 Å². The van der Waals surface area contributed by atoms with Crippen molar-refractivity contribution >= 4 is 34.8 Å². The molecule has 8 heteroatoms. The molecule has 6 nitrogen and oxygen atoms in total. The zero-order valence-corrected chi connectivity index (χ0v) is 19.9. The third-order valence-electron chi connectivity index (χ3n) is 4.87. The van der Waals surface area contributed by atoms with E-state index < -0.39 is 30.5 Å². The van der Waals surface area contributed by atoms with Gasteiger partial charge >= 0.3 is 5.97 Å². The van der Waals surface area contributed by atoms with Crippen molar-refractivity contribution in [2.24, 2.45) is 0 Å². The molecule has 0 aliphatic rings. The summed E-state index contributed by atoms with van der Waals surface area (Å²) >= 11 is 0. The van der Waals surface area contributed by atoms with Crippen LogP contribution in [0.15, 0.2) is 60.7 Å². The Kier molecular flexibility index (Phi) is 7.98. The molecular formula is C22H30O6SSi. The van der Waals surface area contributed by atoms with Crippen LogP contribution in [-0.4, -0.2) is 48.8 Å². The van der Waals surface area contributed by atoms with Gasteiger partial charge in [0.2, 0.25) is 0 Å². The maximum atomic E-state index is 12.0. The minimum atomic E-state index is -3.82. The molecule has 0 N–H and O–H groups in total. The van der Waals surface area contributed by atoms with Crippen molar-refractivity contribution in [1.29, 1.82) is 0 Å². The highest BCUT2D eigenvalue weighted by Gasteiger charge is 2.50. The van der Waals surface area contributed by atoms with Gasteiger partial charge in [-0.25, -0.2) is 4.79 Å². The number of esters is 1. The van der Waals surface area contributed by atoms with E-state index in [1.165, 1.54) is 7.11 Å². The number of methoxy groups -OCH3 is 1. The second-order valence-electron chi connectivity index (χ2n) is 8.11. The minimum Gasteiger partial charge on any atom is -0.467 e. The normalized spacial score (nSPS) is 13.6. The Hall–Kier alpha value is -2.00. The van der Waals surface area contributed by atoms with Crippen LogP contribution in [0.5, 0.6) is 0 Å². The maximum absolute atomic E-state index is 12.0. The first kappa shape index (κ1) is 24.3. The molecule has 2 rings (SSSR count). The molecule has 0 saturated carbocycles. The number of benzene rings is 2. The molecule has 0 aromatic heterocycles. The zero-order valence-electron chi connectivity index (χ0n) is 18.1. The highest BCUT2D eigenvalue weighted by atomic mass is 32.2. The monoisotopic (exact) mass is 450 g/mol. The minimum absolute atomic E-state index is 0.0598. The molecule has 2 aromatic carbocycles. The lowest BCUT2D eigenvalue weighted by Crippen LogP contribution is -2.66. The first-order valence-electron chi connectivity index (χ1n) is 9.72. The van der Waals surface area contributed by atoms with Crippen molar-refractivity contribution < 1.29 is 26.6 Å². The molecular weight excluding hydrogens is 420 g/mol. The van der Waals surface area contributed by atoms with E-state index in [0.29, 0.717) is 0 Å². The van der Waals surface area contributed by atoms with Crippen LogP contribution in [-0.2, 0) is 28.3 Å². The summed E-state index contributed by atoms with van der Waals surface area (Å²) in [5, 5.41) is 1.97. The molecule has 0 radical (unpaired) electrons. The molecule has 0 spiro atoms. The predicted octanol–water partition coefficient (Wildman–Crippen LogP) is 2.47. The lowest BCUT2D eigenvalue weighted by atomic mass is 10.2. The van der Waals surface area contributed by atoms with Crippen molar-refractivity contribution in [1.82, 2.24) is 0 Å². The van der Waals surface area contributed by atoms with Crippen molar-refractivity contribution in [3.8, 4) is 0 Å². The van der Waals surface area contributed by atoms with Gasteiger partial charge in [0.15, 0.2) is 6.10 Å². The van der Waals surface area contributed by atoms with E-state index in [-0.39, 0.29) is 18.1 Å². The summed E-state index contributed by atoms with van der Waals surface area (Å²) in [6, 6.07) is 20.1. The quantitative estimate of drug-likeness (QED) is 0.332. The third kappa shape index (κ3) is 5.78. The predicted molar refractivity (Wildman–Crippen MR) is 120 cm³/mol. The third-order valence-corrected chi connectivity index (χ3v) is 10.5. The van der Waals surface area contributed by atoms with Gasteiger partial charge in [-0.05, 0) is 15.4 Å². The number of hydrogen-bond donors (Lipinski definition) is 0. The van der Waals surface area contributed by atoms with Gasteiger partial charge in [0.05, 0.1) is 13.4 Å². The SMILES string of the molecule is COC(=O)C(CCO[Si](c1ccccc1)(c1ccccc1)C(C)(C)C)OS(C)(=O)=O. The van der Waals surface area contributed by atoms with Gasteiger partial charge in [-0.1, -0.05) is 81.4 Å². The number of ether oxygens (including phenoxy) is 1. The second-order valence-corrected chi connectivity index (χ2v) is 14.0. The van der Waals surface area contributed by atoms with Gasteiger partial charge in [-0.2, -0.15) is 8.42 Å². The van der Waals surface area contributed by atoms with Crippen LogP contribution < -0.4 is 10.4 Å². The zero-order chi connectivity index (χ0) is 22.4. The first-order chi connectivity index (χ1) is 14.0. The van der Waals surface area contributed by atoms with E-state index >= 15 is 0 Å². The van der Waals surface area contributed by atoms with Crippen molar-refractivity contribution in [2.45, 2.75) is 38.3 Å². The van der Waals surface area contributed by atoms with Gasteiger partial charge in [-0.3, -0.25) is 4.18 Å². The molecule has 1 atom stereocenters. The lowest BCUT2D eigenvalue weighted by Gasteiger charge is -2.43. The summed E-state index contributed by atoms with van der Waals surface area (Å²) in [5.74, 6) is -0.744. The average Bonchev–Trinajstić information content (AvgIpc) is 2.69. The van der Waals surface area contributed by atoms with Crippen LogP contribution in [0.3, 0.4) is 0 Å². The fraction of sp³-hybridized carbons (Fsp3) is 0.409. The summed E-state index contributed by atoms with van der Waals surface area (Å²) in [4.78, 5) is 12.0. The van der Waals surface area contributed by atoms with Crippen LogP contribution in [0, 0.1) is 0 Å². The number of carbonyl (C=O) groups is 1. The van der Waals surface area contributed by atoms with E-state index in [1.807, 2.05) is 36.4 Å². The number of hydrogen-bond acceptors (Lipinski definition) is 6. The molecule has 0 bridgehead atoms. The van der Waals surface area contributed by atoms with E-state index in [1.54, 1.807) is 0 Å². The molecule has 164 valence electrons. The highest BCUT2D eigenvalue weighted by molar-refractivity contribution is 7.86. The Bertz CT molecular complexity index is 884. The standard InChI is InChI=1S/C22H30O6SSi/c1-22(2,3)30(18-12-8-6-9-13-18,19-14-10-7-11-15-19)27-17-16-20(21(23)26-4)28-29(5,24)25/h6-15,20H,16-17H2,1-5H3. The van der Waals surface area contributed by atoms with Crippen LogP contribution in [0.4, 0.5) is 0 Å². The van der Waals surface area contributed by atoms with Gasteiger partial charge in [0, 0.05) is 13.0 Å². The summed E-state index contributed by atoms with van der Waals surface area (Å²) in [6.45, 7) is 6.57. The topological polar surface area (TPSA) is 78.9 Å². The van der Waals surface area contributed by atoms with Gasteiger partial charge in [-0.15, -0.1) is 0 Å². The Labute approximate surface area is 180 Å². The summed E-state index contributed by atoms with van der Waals surface area (Å²) < 4.78 is 39.4. The number of carbonyl (C=O) groups excluding carboxylic acids is 1. The van der Waals surface area contributed by atoms with Crippen molar-refractivity contribution in [3.63, 3.8) is 0 Å². The summed E-state index contributed by atoms with van der Waals surface area (Å²) in [6.07, 6.45) is -0.279. The molecule has 2 aromatic rings. The van der Waals surface area contributed by atoms with E-state index in [0.717, 1.165) is 16.6 Å². The smallest absolute Gasteiger partial charge is 0.336 e. The van der Waals surface area contributed by atoms with Crippen molar-refractivity contribution in [2.75, 3.05) is 20.0 Å². The molecule has 1 unspecified atom stereocenters. The molecule has 0 fully saturated rings. The molecule has 0 heterocycles. The Balaban J connectivity index is 2.42. The molecule has 0 aliphatic heterocycles. The number of rotatable bonds is 9. The largest absolute Gasteiger partial charge is 0.467 e. The van der Waals surface area contributed by atoms with E-state index in [9.17, 15) is 13.2 Å². The van der Waals surface area contributed by atoms with Gasteiger partial charge in [0.1, 0.15) is 0 Å². The average molecular weight is 451 g/mol. The Morgan fingerprint density at radius 2 is 1.43 bits per heavy atom. The highest BCUT2D eigenvalue weighted by Crippen LogP contribution is 2.36. The van der Waals surface area contributed by atoms with Gasteiger partial charge in [0.25, 0.3) is 18.4 Å². The fourth-order valence-electron chi connectivity index (χ4n) is 3.63. The molecule has 0 aliphatic carbocycles. The van der Waals surface area contributed by atoms with Crippen LogP contribution in [0.1, 0.15) is 27.2 Å². The van der Waals surface area contributed by atoms with E-state index in [4.69, 9.17) is 13.3 Å². The fourth-order valence-corrected chi connectivity index (χ4v) is 8.80. The summed E-state index contributed by atoms with van der Waals surface area (Å²) in [5.41, 5.74) is 0. The lowest BCUT2D eigenvalue weighted by molar-refractivity contribution is -0.149. The van der Waals surface area contributed by atoms with Gasteiger partial charge < -0.3 is 9.16 Å².